The van der Waals surface area contributed by atoms with Gasteiger partial charge in [0.05, 0.1) is 11.1 Å². The lowest BCUT2D eigenvalue weighted by atomic mass is 10.1. The van der Waals surface area contributed by atoms with Crippen LogP contribution in [0.3, 0.4) is 0 Å². The second kappa shape index (κ2) is 8.46. The molecule has 122 valence electrons. The molecule has 0 saturated heterocycles. The zero-order chi connectivity index (χ0) is 17.4. The molecule has 1 rings (SSSR count). The van der Waals surface area contributed by atoms with Crippen LogP contribution in [0.1, 0.15) is 18.1 Å². The summed E-state index contributed by atoms with van der Waals surface area (Å²) in [5, 5.41) is 0. The van der Waals surface area contributed by atoms with Crippen molar-refractivity contribution in [1.29, 1.82) is 0 Å². The second-order valence-electron chi connectivity index (χ2n) is 4.17. The van der Waals surface area contributed by atoms with E-state index in [9.17, 15) is 26.3 Å². The van der Waals surface area contributed by atoms with Crippen LogP contribution in [0.25, 0.3) is 0 Å². The lowest BCUT2D eigenvalue weighted by molar-refractivity contribution is -0.138. The molecule has 1 aromatic rings. The van der Waals surface area contributed by atoms with Crippen molar-refractivity contribution < 1.29 is 26.3 Å². The number of benzene rings is 1. The molecule has 0 aliphatic rings. The Morgan fingerprint density at radius 2 is 1.59 bits per heavy atom. The van der Waals surface area contributed by atoms with Gasteiger partial charge in [0.1, 0.15) is 0 Å². The number of aryl methyl sites for hydroxylation is 1. The van der Waals surface area contributed by atoms with E-state index < -0.39 is 23.5 Å². The van der Waals surface area contributed by atoms with Gasteiger partial charge in [0.15, 0.2) is 0 Å². The van der Waals surface area contributed by atoms with E-state index in [2.05, 4.69) is 6.58 Å². The molecule has 0 aliphatic heterocycles. The van der Waals surface area contributed by atoms with Crippen LogP contribution < -0.4 is 0 Å². The smallest absolute Gasteiger partial charge is 0.166 e. The highest BCUT2D eigenvalue weighted by Gasteiger charge is 2.31. The first kappa shape index (κ1) is 20.0. The molecule has 0 aromatic heterocycles. The summed E-state index contributed by atoms with van der Waals surface area (Å²) in [6.45, 7) is 6.16. The largest absolute Gasteiger partial charge is 0.416 e. The van der Waals surface area contributed by atoms with Gasteiger partial charge in [0.25, 0.3) is 0 Å². The zero-order valence-electron chi connectivity index (χ0n) is 12.1. The van der Waals surface area contributed by atoms with Gasteiger partial charge in [-0.1, -0.05) is 49.1 Å². The molecular formula is C16H16F6. The van der Waals surface area contributed by atoms with E-state index in [4.69, 9.17) is 0 Å². The monoisotopic (exact) mass is 322 g/mol. The fourth-order valence-corrected chi connectivity index (χ4v) is 1.44. The first-order chi connectivity index (χ1) is 10.0. The molecule has 0 nitrogen and oxygen atoms in total. The van der Waals surface area contributed by atoms with Crippen molar-refractivity contribution >= 4 is 0 Å². The minimum atomic E-state index is -4.28. The number of rotatable bonds is 2. The third-order valence-corrected chi connectivity index (χ3v) is 2.42. The topological polar surface area (TPSA) is 0 Å². The Kier molecular flexibility index (Phi) is 7.70. The minimum Gasteiger partial charge on any atom is -0.166 e. The Hall–Kier alpha value is -1.98. The Balaban J connectivity index is 0.000000401. The maximum Gasteiger partial charge on any atom is 0.416 e. The lowest BCUT2D eigenvalue weighted by Crippen LogP contribution is -2.09. The van der Waals surface area contributed by atoms with Crippen molar-refractivity contribution in [2.45, 2.75) is 26.2 Å². The minimum absolute atomic E-state index is 0.264. The first-order valence-corrected chi connectivity index (χ1v) is 6.19. The van der Waals surface area contributed by atoms with E-state index in [1.54, 1.807) is 6.07 Å². The third kappa shape index (κ3) is 7.15. The van der Waals surface area contributed by atoms with Crippen LogP contribution >= 0.6 is 0 Å². The molecular weight excluding hydrogens is 306 g/mol. The molecule has 0 atom stereocenters. The average molecular weight is 322 g/mol. The van der Waals surface area contributed by atoms with Gasteiger partial charge in [-0.2, -0.15) is 26.3 Å². The van der Waals surface area contributed by atoms with Crippen LogP contribution in [0.5, 0.6) is 0 Å². The van der Waals surface area contributed by atoms with Gasteiger partial charge >= 0.3 is 12.4 Å². The van der Waals surface area contributed by atoms with Gasteiger partial charge in [-0.15, -0.1) is 0 Å². The molecule has 6 heteroatoms. The van der Waals surface area contributed by atoms with Gasteiger partial charge in [0.2, 0.25) is 0 Å². The van der Waals surface area contributed by atoms with E-state index in [1.165, 1.54) is 32.1 Å². The summed E-state index contributed by atoms with van der Waals surface area (Å²) < 4.78 is 71.9. The van der Waals surface area contributed by atoms with Gasteiger partial charge in [-0.05, 0) is 25.5 Å². The molecule has 0 bridgehead atoms. The summed E-state index contributed by atoms with van der Waals surface area (Å²) in [5.74, 6) is 0. The van der Waals surface area contributed by atoms with Crippen molar-refractivity contribution in [3.8, 4) is 0 Å². The molecule has 22 heavy (non-hydrogen) atoms. The number of halogens is 6. The van der Waals surface area contributed by atoms with Crippen LogP contribution in [-0.2, 0) is 6.18 Å². The Bertz CT molecular complexity index is 532. The number of alkyl halides is 6. The average Bonchev–Trinajstić information content (AvgIpc) is 2.37. The summed E-state index contributed by atoms with van der Waals surface area (Å²) in [6.07, 6.45) is -4.11. The molecule has 1 aromatic carbocycles. The maximum absolute atomic E-state index is 12.0. The summed E-state index contributed by atoms with van der Waals surface area (Å²) in [7, 11) is 0. The summed E-state index contributed by atoms with van der Waals surface area (Å²) in [6, 6.07) is 5.50. The SMILES string of the molecule is C=C/C=C(\C=C/C)C(F)(F)F.Cc1ccccc1C(F)(F)F. The molecule has 0 heterocycles. The van der Waals surface area contributed by atoms with Crippen LogP contribution in [-0.4, -0.2) is 6.18 Å². The fraction of sp³-hybridized carbons (Fsp3) is 0.250. The van der Waals surface area contributed by atoms with E-state index in [-0.39, 0.29) is 5.56 Å². The predicted octanol–water partition coefficient (Wildman–Crippen LogP) is 6.25. The van der Waals surface area contributed by atoms with Gasteiger partial charge in [0, 0.05) is 0 Å². The van der Waals surface area contributed by atoms with Gasteiger partial charge < -0.3 is 0 Å². The zero-order valence-corrected chi connectivity index (χ0v) is 12.1. The molecule has 0 unspecified atom stereocenters. The molecule has 0 spiro atoms. The molecule has 0 fully saturated rings. The number of hydrogen-bond donors (Lipinski definition) is 0. The summed E-state index contributed by atoms with van der Waals surface area (Å²) >= 11 is 0. The Morgan fingerprint density at radius 1 is 1.05 bits per heavy atom. The van der Waals surface area contributed by atoms with Crippen molar-refractivity contribution in [2.24, 2.45) is 0 Å². The first-order valence-electron chi connectivity index (χ1n) is 6.19. The molecule has 0 saturated carbocycles. The predicted molar refractivity (Wildman–Crippen MR) is 75.3 cm³/mol. The summed E-state index contributed by atoms with van der Waals surface area (Å²) in [5.41, 5.74) is -0.977. The highest BCUT2D eigenvalue weighted by atomic mass is 19.4. The standard InChI is InChI=1S/C8H7F3.C8H9F3/c1-6-4-2-3-5-7(6)8(9,10)11;1-3-5-7(6-4-2)8(9,10)11/h2-5H,1H3;3-6H,1H2,2H3/b;6-4-,7-5+. The van der Waals surface area contributed by atoms with E-state index in [0.717, 1.165) is 24.3 Å². The van der Waals surface area contributed by atoms with Gasteiger partial charge in [-0.25, -0.2) is 0 Å². The third-order valence-electron chi connectivity index (χ3n) is 2.42. The van der Waals surface area contributed by atoms with Crippen molar-refractivity contribution in [1.82, 2.24) is 0 Å². The van der Waals surface area contributed by atoms with Crippen LogP contribution in [0.4, 0.5) is 26.3 Å². The van der Waals surface area contributed by atoms with Crippen LogP contribution in [0.2, 0.25) is 0 Å². The molecule has 0 N–H and O–H groups in total. The quantitative estimate of drug-likeness (QED) is 0.446. The highest BCUT2D eigenvalue weighted by Crippen LogP contribution is 2.31. The van der Waals surface area contributed by atoms with Crippen LogP contribution in [0.15, 0.2) is 60.7 Å². The fourth-order valence-electron chi connectivity index (χ4n) is 1.44. The highest BCUT2D eigenvalue weighted by molar-refractivity contribution is 5.28. The van der Waals surface area contributed by atoms with Crippen molar-refractivity contribution in [2.75, 3.05) is 0 Å². The number of allylic oxidation sites excluding steroid dienone is 5. The molecule has 0 amide bonds. The van der Waals surface area contributed by atoms with E-state index in [0.29, 0.717) is 0 Å². The molecule has 0 radical (unpaired) electrons. The normalized spacial score (nSPS) is 12.8. The lowest BCUT2D eigenvalue weighted by Gasteiger charge is -2.08. The van der Waals surface area contributed by atoms with E-state index in [1.807, 2.05) is 0 Å². The van der Waals surface area contributed by atoms with Crippen molar-refractivity contribution in [3.05, 3.63) is 71.8 Å². The Labute approximate surface area is 125 Å². The second-order valence-corrected chi connectivity index (χ2v) is 4.17. The summed E-state index contributed by atoms with van der Waals surface area (Å²) in [4.78, 5) is 0. The van der Waals surface area contributed by atoms with Crippen molar-refractivity contribution in [3.63, 3.8) is 0 Å². The number of hydrogen-bond acceptors (Lipinski definition) is 0. The van der Waals surface area contributed by atoms with E-state index >= 15 is 0 Å². The van der Waals surface area contributed by atoms with Crippen LogP contribution in [0, 0.1) is 6.92 Å². The van der Waals surface area contributed by atoms with Gasteiger partial charge in [-0.3, -0.25) is 0 Å². The maximum atomic E-state index is 12.0. The molecule has 0 aliphatic carbocycles. The Morgan fingerprint density at radius 3 is 1.91 bits per heavy atom.